The van der Waals surface area contributed by atoms with Crippen LogP contribution >= 0.6 is 11.6 Å². The number of aromatic nitrogens is 3. The molecule has 2 atom stereocenters. The molecule has 6 nitrogen and oxygen atoms in total. The molecule has 128 valence electrons. The molecule has 2 aromatic rings. The minimum atomic E-state index is -3.54. The minimum absolute atomic E-state index is 0.00290. The van der Waals surface area contributed by atoms with Crippen LogP contribution in [-0.2, 0) is 10.0 Å². The van der Waals surface area contributed by atoms with Crippen molar-refractivity contribution in [3.8, 4) is 0 Å². The van der Waals surface area contributed by atoms with Crippen molar-refractivity contribution < 1.29 is 8.42 Å². The van der Waals surface area contributed by atoms with Gasteiger partial charge in [-0.05, 0) is 50.3 Å². The average Bonchev–Trinajstić information content (AvgIpc) is 3.17. The van der Waals surface area contributed by atoms with Gasteiger partial charge in [0.15, 0.2) is 0 Å². The number of benzene rings is 1. The van der Waals surface area contributed by atoms with Gasteiger partial charge >= 0.3 is 0 Å². The molecule has 2 aliphatic rings. The molecule has 0 N–H and O–H groups in total. The molecule has 4 rings (SSSR count). The molecule has 0 amide bonds. The molecule has 24 heavy (non-hydrogen) atoms. The van der Waals surface area contributed by atoms with Crippen molar-refractivity contribution >= 4 is 21.6 Å². The van der Waals surface area contributed by atoms with Gasteiger partial charge in [-0.3, -0.25) is 0 Å². The van der Waals surface area contributed by atoms with Crippen molar-refractivity contribution in [3.63, 3.8) is 0 Å². The van der Waals surface area contributed by atoms with Gasteiger partial charge < -0.3 is 0 Å². The lowest BCUT2D eigenvalue weighted by molar-refractivity contribution is 0.174. The summed E-state index contributed by atoms with van der Waals surface area (Å²) in [4.78, 5) is 2.04. The molecule has 2 fully saturated rings. The summed E-state index contributed by atoms with van der Waals surface area (Å²) in [5, 5.41) is 8.94. The fourth-order valence-electron chi connectivity index (χ4n) is 4.08. The van der Waals surface area contributed by atoms with E-state index in [1.54, 1.807) is 46.6 Å². The van der Waals surface area contributed by atoms with Crippen LogP contribution in [0.15, 0.2) is 35.5 Å². The third kappa shape index (κ3) is 2.46. The molecule has 1 aromatic carbocycles. The Morgan fingerprint density at radius 3 is 2.33 bits per heavy atom. The van der Waals surface area contributed by atoms with E-state index in [9.17, 15) is 8.42 Å². The van der Waals surface area contributed by atoms with E-state index in [2.05, 4.69) is 10.2 Å². The van der Waals surface area contributed by atoms with E-state index in [-0.39, 0.29) is 18.1 Å². The third-order valence-corrected chi connectivity index (χ3v) is 7.74. The highest BCUT2D eigenvalue weighted by atomic mass is 35.5. The quantitative estimate of drug-likeness (QED) is 0.837. The summed E-state index contributed by atoms with van der Waals surface area (Å²) in [5.41, 5.74) is 0.620. The molecule has 2 bridgehead atoms. The van der Waals surface area contributed by atoms with Crippen LogP contribution in [0.1, 0.15) is 37.3 Å². The summed E-state index contributed by atoms with van der Waals surface area (Å²) in [5.74, 6) is 0. The number of sulfonamides is 1. The second-order valence-corrected chi connectivity index (χ2v) is 8.78. The fourth-order valence-corrected chi connectivity index (χ4v) is 6.45. The van der Waals surface area contributed by atoms with Crippen LogP contribution in [0.4, 0.5) is 0 Å². The molecule has 2 unspecified atom stereocenters. The van der Waals surface area contributed by atoms with Gasteiger partial charge in [-0.15, -0.1) is 0 Å². The van der Waals surface area contributed by atoms with Gasteiger partial charge in [-0.25, -0.2) is 8.42 Å². The van der Waals surface area contributed by atoms with Gasteiger partial charge in [-0.2, -0.15) is 19.3 Å². The SMILES string of the molecule is Cc1c(Cl)cccc1S(=O)(=O)N1C2CCC1CC(n1nccn1)C2. The average molecular weight is 367 g/mol. The zero-order chi connectivity index (χ0) is 16.9. The van der Waals surface area contributed by atoms with Crippen molar-refractivity contribution in [1.82, 2.24) is 19.3 Å². The summed E-state index contributed by atoms with van der Waals surface area (Å²) in [6, 6.07) is 5.25. The Morgan fingerprint density at radius 1 is 1.08 bits per heavy atom. The van der Waals surface area contributed by atoms with Crippen molar-refractivity contribution in [2.75, 3.05) is 0 Å². The first-order valence-electron chi connectivity index (χ1n) is 8.13. The van der Waals surface area contributed by atoms with Crippen molar-refractivity contribution in [3.05, 3.63) is 41.2 Å². The monoisotopic (exact) mass is 366 g/mol. The molecule has 0 spiro atoms. The van der Waals surface area contributed by atoms with E-state index in [1.165, 1.54) is 0 Å². The molecule has 0 saturated carbocycles. The highest BCUT2D eigenvalue weighted by Gasteiger charge is 2.48. The smallest absolute Gasteiger partial charge is 0.207 e. The zero-order valence-electron chi connectivity index (χ0n) is 13.3. The van der Waals surface area contributed by atoms with Crippen molar-refractivity contribution in [2.24, 2.45) is 0 Å². The predicted octanol–water partition coefficient (Wildman–Crippen LogP) is 2.80. The fraction of sp³-hybridized carbons (Fsp3) is 0.500. The molecule has 0 aliphatic carbocycles. The second kappa shape index (κ2) is 5.82. The van der Waals surface area contributed by atoms with Crippen LogP contribution in [0.5, 0.6) is 0 Å². The van der Waals surface area contributed by atoms with E-state index < -0.39 is 10.0 Å². The third-order valence-electron chi connectivity index (χ3n) is 5.18. The number of nitrogens with zero attached hydrogens (tertiary/aromatic N) is 4. The largest absolute Gasteiger partial charge is 0.243 e. The first-order valence-corrected chi connectivity index (χ1v) is 9.94. The lowest BCUT2D eigenvalue weighted by Gasteiger charge is -2.37. The molecule has 0 radical (unpaired) electrons. The van der Waals surface area contributed by atoms with Gasteiger partial charge in [0, 0.05) is 17.1 Å². The standard InChI is InChI=1S/C16H19ClN4O2S/c1-11-15(17)3-2-4-16(11)24(22,23)20-12-5-6-13(20)10-14(9-12)21-18-7-8-19-21/h2-4,7-8,12-14H,5-6,9-10H2,1H3. The predicted molar refractivity (Wildman–Crippen MR) is 90.3 cm³/mol. The van der Waals surface area contributed by atoms with Gasteiger partial charge in [0.25, 0.3) is 0 Å². The van der Waals surface area contributed by atoms with E-state index in [4.69, 9.17) is 11.6 Å². The van der Waals surface area contributed by atoms with E-state index >= 15 is 0 Å². The molecule has 3 heterocycles. The molecular weight excluding hydrogens is 348 g/mol. The van der Waals surface area contributed by atoms with Crippen LogP contribution in [0.2, 0.25) is 5.02 Å². The van der Waals surface area contributed by atoms with Crippen molar-refractivity contribution in [1.29, 1.82) is 0 Å². The van der Waals surface area contributed by atoms with Crippen LogP contribution in [0.3, 0.4) is 0 Å². The number of hydrogen-bond acceptors (Lipinski definition) is 4. The van der Waals surface area contributed by atoms with Crippen LogP contribution < -0.4 is 0 Å². The Bertz CT molecular complexity index is 839. The molecule has 2 saturated heterocycles. The Hall–Kier alpha value is -1.44. The first-order chi connectivity index (χ1) is 11.5. The highest BCUT2D eigenvalue weighted by molar-refractivity contribution is 7.89. The van der Waals surface area contributed by atoms with Crippen LogP contribution in [0, 0.1) is 6.92 Å². The Morgan fingerprint density at radius 2 is 1.71 bits per heavy atom. The van der Waals surface area contributed by atoms with E-state index in [0.29, 0.717) is 15.5 Å². The van der Waals surface area contributed by atoms with Gasteiger partial charge in [-0.1, -0.05) is 17.7 Å². The van der Waals surface area contributed by atoms with Crippen LogP contribution in [0.25, 0.3) is 0 Å². The van der Waals surface area contributed by atoms with Gasteiger partial charge in [0.05, 0.1) is 23.3 Å². The zero-order valence-corrected chi connectivity index (χ0v) is 14.9. The van der Waals surface area contributed by atoms with Crippen molar-refractivity contribution in [2.45, 2.75) is 55.6 Å². The molecule has 2 aliphatic heterocycles. The summed E-state index contributed by atoms with van der Waals surface area (Å²) >= 11 is 6.14. The Kier molecular flexibility index (Phi) is 3.89. The maximum absolute atomic E-state index is 13.2. The highest BCUT2D eigenvalue weighted by Crippen LogP contribution is 2.44. The number of rotatable bonds is 3. The first kappa shape index (κ1) is 16.1. The number of halogens is 1. The lowest BCUT2D eigenvalue weighted by atomic mass is 10.0. The molecule has 1 aromatic heterocycles. The summed E-state index contributed by atoms with van der Waals surface area (Å²) < 4.78 is 28.2. The topological polar surface area (TPSA) is 68.1 Å². The Labute approximate surface area is 146 Å². The second-order valence-electron chi connectivity index (χ2n) is 6.56. The summed E-state index contributed by atoms with van der Waals surface area (Å²) in [6.07, 6.45) is 6.62. The lowest BCUT2D eigenvalue weighted by Crippen LogP contribution is -2.47. The minimum Gasteiger partial charge on any atom is -0.207 e. The maximum Gasteiger partial charge on any atom is 0.243 e. The van der Waals surface area contributed by atoms with E-state index in [0.717, 1.165) is 25.7 Å². The summed E-state index contributed by atoms with van der Waals surface area (Å²) in [7, 11) is -3.54. The number of piperidine rings is 1. The summed E-state index contributed by atoms with van der Waals surface area (Å²) in [6.45, 7) is 1.76. The molecular formula is C16H19ClN4O2S. The van der Waals surface area contributed by atoms with Gasteiger partial charge in [0.1, 0.15) is 0 Å². The number of fused-ring (bicyclic) bond motifs is 2. The van der Waals surface area contributed by atoms with Gasteiger partial charge in [0.2, 0.25) is 10.0 Å². The molecule has 8 heteroatoms. The normalized spacial score (nSPS) is 27.5. The number of hydrogen-bond donors (Lipinski definition) is 0. The van der Waals surface area contributed by atoms with Crippen LogP contribution in [-0.4, -0.2) is 39.8 Å². The Balaban J connectivity index is 1.67. The maximum atomic E-state index is 13.2. The van der Waals surface area contributed by atoms with E-state index in [1.807, 2.05) is 0 Å².